The molecule has 9 nitrogen and oxygen atoms in total. The van der Waals surface area contributed by atoms with Gasteiger partial charge in [0.25, 0.3) is 0 Å². The smallest absolute Gasteiger partial charge is 0.318 e. The molecule has 3 atom stereocenters. The Morgan fingerprint density at radius 2 is 2.10 bits per heavy atom. The van der Waals surface area contributed by atoms with Crippen molar-refractivity contribution in [3.8, 4) is 6.01 Å². The van der Waals surface area contributed by atoms with Gasteiger partial charge < -0.3 is 29.0 Å². The lowest BCUT2D eigenvalue weighted by Gasteiger charge is -2.40. The molecule has 1 unspecified atom stereocenters. The van der Waals surface area contributed by atoms with Gasteiger partial charge >= 0.3 is 6.01 Å². The van der Waals surface area contributed by atoms with E-state index in [0.29, 0.717) is 51.3 Å². The Hall–Kier alpha value is -3.48. The molecule has 9 heteroatoms. The molecule has 0 saturated carbocycles. The summed E-state index contributed by atoms with van der Waals surface area (Å²) in [6.45, 7) is 15.0. The van der Waals surface area contributed by atoms with Crippen LogP contribution in [0.2, 0.25) is 0 Å². The number of amides is 1. The molecule has 3 aliphatic heterocycles. The van der Waals surface area contributed by atoms with E-state index >= 15 is 0 Å². The van der Waals surface area contributed by atoms with Gasteiger partial charge in [0.2, 0.25) is 12.5 Å². The van der Waals surface area contributed by atoms with Crippen LogP contribution in [0.1, 0.15) is 53.3 Å². The molecular formula is C31H38N6O3. The summed E-state index contributed by atoms with van der Waals surface area (Å²) in [5.74, 6) is 0.668. The van der Waals surface area contributed by atoms with Gasteiger partial charge in [-0.25, -0.2) is 6.57 Å². The molecule has 2 aromatic rings. The number of likely N-dealkylation sites (N-methyl/N-ethyl adjacent to an activating group) is 1. The van der Waals surface area contributed by atoms with E-state index in [1.807, 2.05) is 0 Å². The predicted molar refractivity (Wildman–Crippen MR) is 152 cm³/mol. The SMILES string of the molecule is [C-]#[N+]C[C@H]1CN(c2nc(OC[C@@H]3CCCN3C)nc3c2COC(c2cccc4c2CCC4)C3)CCN1C(=O)C=C. The maximum absolute atomic E-state index is 12.5. The topological polar surface area (TPSA) is 75.4 Å². The number of aryl methyl sites for hydroxylation is 1. The van der Waals surface area contributed by atoms with Crippen LogP contribution in [0, 0.1) is 6.57 Å². The number of hydrogen-bond donors (Lipinski definition) is 0. The molecule has 1 aromatic carbocycles. The molecule has 0 radical (unpaired) electrons. The van der Waals surface area contributed by atoms with Gasteiger partial charge in [0.1, 0.15) is 18.5 Å². The molecule has 210 valence electrons. The van der Waals surface area contributed by atoms with Gasteiger partial charge in [-0.15, -0.1) is 0 Å². The van der Waals surface area contributed by atoms with Crippen molar-refractivity contribution < 1.29 is 14.3 Å². The van der Waals surface area contributed by atoms with Gasteiger partial charge in [-0.05, 0) is 68.5 Å². The van der Waals surface area contributed by atoms with Crippen LogP contribution in [0.15, 0.2) is 30.9 Å². The third kappa shape index (κ3) is 5.18. The van der Waals surface area contributed by atoms with Crippen molar-refractivity contribution in [3.63, 3.8) is 0 Å². The molecule has 1 aliphatic carbocycles. The van der Waals surface area contributed by atoms with Gasteiger partial charge in [0, 0.05) is 37.7 Å². The van der Waals surface area contributed by atoms with Gasteiger partial charge in [-0.2, -0.15) is 9.97 Å². The highest BCUT2D eigenvalue weighted by atomic mass is 16.5. The van der Waals surface area contributed by atoms with Crippen molar-refractivity contribution in [3.05, 3.63) is 70.2 Å². The molecule has 4 heterocycles. The molecular weight excluding hydrogens is 504 g/mol. The van der Waals surface area contributed by atoms with Crippen LogP contribution in [0.4, 0.5) is 5.82 Å². The fourth-order valence-corrected chi connectivity index (χ4v) is 6.78. The van der Waals surface area contributed by atoms with Crippen molar-refractivity contribution in [2.45, 2.75) is 63.3 Å². The largest absolute Gasteiger partial charge is 0.462 e. The number of piperazine rings is 1. The van der Waals surface area contributed by atoms with E-state index < -0.39 is 0 Å². The monoisotopic (exact) mass is 542 g/mol. The molecule has 6 rings (SSSR count). The van der Waals surface area contributed by atoms with Gasteiger partial charge in [-0.1, -0.05) is 24.8 Å². The number of aromatic nitrogens is 2. The Kier molecular flexibility index (Phi) is 7.72. The average Bonchev–Trinajstić information content (AvgIpc) is 3.63. The van der Waals surface area contributed by atoms with E-state index in [9.17, 15) is 4.79 Å². The molecule has 40 heavy (non-hydrogen) atoms. The Morgan fingerprint density at radius 1 is 1.20 bits per heavy atom. The van der Waals surface area contributed by atoms with E-state index in [1.165, 1.54) is 35.6 Å². The van der Waals surface area contributed by atoms with Gasteiger partial charge in [-0.3, -0.25) is 4.79 Å². The fourth-order valence-electron chi connectivity index (χ4n) is 6.78. The number of fused-ring (bicyclic) bond motifs is 2. The summed E-state index contributed by atoms with van der Waals surface area (Å²) in [5.41, 5.74) is 6.12. The summed E-state index contributed by atoms with van der Waals surface area (Å²) in [7, 11) is 2.14. The number of hydrogen-bond acceptors (Lipinski definition) is 7. The van der Waals surface area contributed by atoms with E-state index in [1.54, 1.807) is 4.90 Å². The second-order valence-electron chi connectivity index (χ2n) is 11.4. The highest BCUT2D eigenvalue weighted by molar-refractivity contribution is 5.87. The van der Waals surface area contributed by atoms with Crippen LogP contribution in [0.3, 0.4) is 0 Å². The molecule has 2 fully saturated rings. The maximum Gasteiger partial charge on any atom is 0.318 e. The first-order valence-electron chi connectivity index (χ1n) is 14.5. The van der Waals surface area contributed by atoms with Gasteiger partial charge in [0.05, 0.1) is 18.4 Å². The number of anilines is 1. The minimum Gasteiger partial charge on any atom is -0.462 e. The van der Waals surface area contributed by atoms with Crippen molar-refractivity contribution in [2.75, 3.05) is 51.3 Å². The molecule has 2 saturated heterocycles. The Morgan fingerprint density at radius 3 is 2.90 bits per heavy atom. The number of carbonyl (C=O) groups excluding carboxylic acids is 1. The zero-order valence-corrected chi connectivity index (χ0v) is 23.3. The van der Waals surface area contributed by atoms with Gasteiger partial charge in [0.15, 0.2) is 0 Å². The standard InChI is InChI=1S/C31H38N6O3/c1-4-29(38)37-15-14-36(18-23(37)17-32-2)30-26-20-39-28(25-12-6-9-21-8-5-11-24(21)25)16-27(26)33-31(34-30)40-19-22-10-7-13-35(22)3/h4,6,9,12,22-23,28H,1,5,7-8,10-11,13-20H2,3H3/t22-,23-,28?/m0/s1. The lowest BCUT2D eigenvalue weighted by molar-refractivity contribution is -0.128. The number of likely N-dealkylation sites (tertiary alicyclic amines) is 1. The first-order chi connectivity index (χ1) is 19.6. The maximum atomic E-state index is 12.5. The first kappa shape index (κ1) is 26.7. The minimum absolute atomic E-state index is 0.0472. The van der Waals surface area contributed by atoms with Crippen LogP contribution in [-0.4, -0.2) is 84.1 Å². The number of rotatable bonds is 7. The normalized spacial score (nSPS) is 24.4. The zero-order valence-electron chi connectivity index (χ0n) is 23.3. The van der Waals surface area contributed by atoms with E-state index in [-0.39, 0.29) is 24.6 Å². The highest BCUT2D eigenvalue weighted by Crippen LogP contribution is 2.39. The first-order valence-corrected chi connectivity index (χ1v) is 14.5. The van der Waals surface area contributed by atoms with Crippen molar-refractivity contribution >= 4 is 11.7 Å². The van der Waals surface area contributed by atoms with E-state index in [0.717, 1.165) is 42.9 Å². The van der Waals surface area contributed by atoms with Crippen molar-refractivity contribution in [1.29, 1.82) is 0 Å². The molecule has 1 amide bonds. The third-order valence-corrected chi connectivity index (χ3v) is 9.01. The third-order valence-electron chi connectivity index (χ3n) is 9.01. The molecule has 1 aromatic heterocycles. The quantitative estimate of drug-likeness (QED) is 0.392. The lowest BCUT2D eigenvalue weighted by atomic mass is 9.93. The summed E-state index contributed by atoms with van der Waals surface area (Å²) in [4.78, 5) is 32.3. The Bertz CT molecular complexity index is 1320. The minimum atomic E-state index is -0.233. The van der Waals surface area contributed by atoms with Crippen molar-refractivity contribution in [1.82, 2.24) is 19.8 Å². The summed E-state index contributed by atoms with van der Waals surface area (Å²) in [6, 6.07) is 7.13. The summed E-state index contributed by atoms with van der Waals surface area (Å²) in [5, 5.41) is 0. The van der Waals surface area contributed by atoms with Crippen LogP contribution in [-0.2, 0) is 35.4 Å². The number of nitrogens with zero attached hydrogens (tertiary/aromatic N) is 6. The number of ether oxygens (including phenoxy) is 2. The lowest BCUT2D eigenvalue weighted by Crippen LogP contribution is -2.56. The molecule has 0 bridgehead atoms. The summed E-state index contributed by atoms with van der Waals surface area (Å²) < 4.78 is 12.8. The molecule has 0 N–H and O–H groups in total. The Balaban J connectivity index is 1.31. The summed E-state index contributed by atoms with van der Waals surface area (Å²) >= 11 is 0. The fraction of sp³-hybridized carbons (Fsp3) is 0.548. The highest BCUT2D eigenvalue weighted by Gasteiger charge is 2.36. The molecule has 0 spiro atoms. The van der Waals surface area contributed by atoms with Crippen LogP contribution < -0.4 is 9.64 Å². The zero-order chi connectivity index (χ0) is 27.6. The molecule has 4 aliphatic rings. The van der Waals surface area contributed by atoms with E-state index in [4.69, 9.17) is 26.0 Å². The van der Waals surface area contributed by atoms with Crippen molar-refractivity contribution in [2.24, 2.45) is 0 Å². The second-order valence-corrected chi connectivity index (χ2v) is 11.4. The van der Waals surface area contributed by atoms with E-state index in [2.05, 4.69) is 46.5 Å². The van der Waals surface area contributed by atoms with Crippen LogP contribution in [0.25, 0.3) is 4.85 Å². The number of carbonyl (C=O) groups is 1. The number of benzene rings is 1. The Labute approximate surface area is 236 Å². The summed E-state index contributed by atoms with van der Waals surface area (Å²) in [6.07, 6.45) is 7.68. The second kappa shape index (κ2) is 11.6. The van der Waals surface area contributed by atoms with Crippen LogP contribution in [0.5, 0.6) is 6.01 Å². The predicted octanol–water partition coefficient (Wildman–Crippen LogP) is 3.37. The van der Waals surface area contributed by atoms with Crippen LogP contribution >= 0.6 is 0 Å². The average molecular weight is 543 g/mol.